The van der Waals surface area contributed by atoms with Crippen LogP contribution in [0.25, 0.3) is 6.08 Å². The van der Waals surface area contributed by atoms with E-state index in [0.29, 0.717) is 0 Å². The van der Waals surface area contributed by atoms with Gasteiger partial charge in [-0.05, 0) is 17.0 Å². The molecule has 4 heteroatoms. The Hall–Kier alpha value is -3.11. The van der Waals surface area contributed by atoms with Gasteiger partial charge >= 0.3 is 0 Å². The molecule has 0 atom stereocenters. The van der Waals surface area contributed by atoms with Crippen LogP contribution in [0.5, 0.6) is 0 Å². The van der Waals surface area contributed by atoms with E-state index < -0.39 is 0 Å². The molecule has 0 aromatic carbocycles. The van der Waals surface area contributed by atoms with E-state index in [2.05, 4.69) is 17.7 Å². The van der Waals surface area contributed by atoms with Crippen LogP contribution < -0.4 is 4.57 Å². The van der Waals surface area contributed by atoms with Crippen molar-refractivity contribution in [3.05, 3.63) is 120 Å². The van der Waals surface area contributed by atoms with E-state index in [1.807, 2.05) is 104 Å². The standard InChI is InChI=1S/C23H25N2OS/c1-5-6-7-10-13-20(2)14-15-21-19-25(4)22(26-21)18-23-24(3)16-11-8-9-12-17-27-23/h5-19H,1-2H2,3-4H3/q+1/b7-6-,9-8?,13-10+,15-14-,16-11?,17-12?. The largest absolute Gasteiger partial charge is 0.439 e. The highest BCUT2D eigenvalue weighted by Crippen LogP contribution is 2.23. The minimum absolute atomic E-state index is 0.768. The van der Waals surface area contributed by atoms with Crippen LogP contribution in [0.15, 0.2) is 115 Å². The topological polar surface area (TPSA) is 16.4 Å². The number of nitrogens with zero attached hydrogens (tertiary/aromatic N) is 2. The summed E-state index contributed by atoms with van der Waals surface area (Å²) < 4.78 is 8.03. The van der Waals surface area contributed by atoms with Crippen LogP contribution in [0, 0.1) is 0 Å². The molecule has 2 heterocycles. The van der Waals surface area contributed by atoms with Gasteiger partial charge in [-0.3, -0.25) is 0 Å². The molecular formula is C23H25N2OS+. The fraction of sp³-hybridized carbons (Fsp3) is 0.0870. The zero-order chi connectivity index (χ0) is 19.5. The summed E-state index contributed by atoms with van der Waals surface area (Å²) in [6.45, 7) is 7.64. The third-order valence-corrected chi connectivity index (χ3v) is 4.47. The second-order valence-electron chi connectivity index (χ2n) is 5.74. The quantitative estimate of drug-likeness (QED) is 0.500. The first-order valence-electron chi connectivity index (χ1n) is 8.53. The third kappa shape index (κ3) is 6.96. The van der Waals surface area contributed by atoms with Gasteiger partial charge in [-0.25, -0.2) is 0 Å². The van der Waals surface area contributed by atoms with Gasteiger partial charge in [0.05, 0.1) is 6.08 Å². The van der Waals surface area contributed by atoms with Gasteiger partial charge in [0.25, 0.3) is 5.01 Å². The van der Waals surface area contributed by atoms with Gasteiger partial charge in [0.1, 0.15) is 12.8 Å². The molecule has 0 amide bonds. The van der Waals surface area contributed by atoms with Crippen molar-refractivity contribution in [1.29, 1.82) is 0 Å². The lowest BCUT2D eigenvalue weighted by atomic mass is 10.2. The van der Waals surface area contributed by atoms with Crippen LogP contribution in [-0.4, -0.2) is 11.9 Å². The Balaban J connectivity index is 2.12. The molecule has 0 saturated carbocycles. The van der Waals surface area contributed by atoms with Gasteiger partial charge in [0.2, 0.25) is 5.88 Å². The number of hydrogen-bond donors (Lipinski definition) is 0. The first-order valence-corrected chi connectivity index (χ1v) is 9.41. The molecule has 138 valence electrons. The Kier molecular flexibility index (Phi) is 8.07. The zero-order valence-electron chi connectivity index (χ0n) is 15.8. The highest BCUT2D eigenvalue weighted by molar-refractivity contribution is 7.09. The van der Waals surface area contributed by atoms with E-state index in [9.17, 15) is 0 Å². The molecule has 0 fully saturated rings. The van der Waals surface area contributed by atoms with Crippen LogP contribution in [-0.2, 0) is 11.8 Å². The molecule has 2 rings (SSSR count). The average molecular weight is 378 g/mol. The summed E-state index contributed by atoms with van der Waals surface area (Å²) in [5, 5.41) is 3.11. The third-order valence-electron chi connectivity index (χ3n) is 3.53. The van der Waals surface area contributed by atoms with Crippen molar-refractivity contribution in [2.45, 2.75) is 0 Å². The number of rotatable bonds is 6. The second kappa shape index (κ2) is 10.8. The van der Waals surface area contributed by atoms with Crippen LogP contribution in [0.2, 0.25) is 0 Å². The van der Waals surface area contributed by atoms with Gasteiger partial charge in [-0.2, -0.15) is 4.57 Å². The molecule has 0 unspecified atom stereocenters. The molecule has 3 nitrogen and oxygen atoms in total. The molecule has 1 aromatic rings. The first-order chi connectivity index (χ1) is 13.1. The minimum Gasteiger partial charge on any atom is -0.439 e. The number of aryl methyl sites for hydroxylation is 1. The molecule has 27 heavy (non-hydrogen) atoms. The van der Waals surface area contributed by atoms with Gasteiger partial charge in [-0.15, -0.1) is 0 Å². The number of ether oxygens (including phenoxy) is 1. The molecule has 0 N–H and O–H groups in total. The SMILES string of the molecule is C=C/C=C\C=C\C(=C)/C=C\C1=CN(C)C(=Cc2scccccc[n+]2C)O1. The second-order valence-corrected chi connectivity index (χ2v) is 6.66. The van der Waals surface area contributed by atoms with Crippen molar-refractivity contribution in [2.24, 2.45) is 7.05 Å². The average Bonchev–Trinajstić information content (AvgIpc) is 3.04. The predicted molar refractivity (Wildman–Crippen MR) is 115 cm³/mol. The smallest absolute Gasteiger partial charge is 0.266 e. The summed E-state index contributed by atoms with van der Waals surface area (Å²) >= 11 is 1.64. The Morgan fingerprint density at radius 1 is 1.15 bits per heavy atom. The van der Waals surface area contributed by atoms with E-state index in [0.717, 1.165) is 22.2 Å². The molecule has 1 aliphatic rings. The first kappa shape index (κ1) is 20.2. The van der Waals surface area contributed by atoms with Crippen LogP contribution in [0.4, 0.5) is 0 Å². The van der Waals surface area contributed by atoms with Crippen LogP contribution >= 0.6 is 11.3 Å². The monoisotopic (exact) mass is 377 g/mol. The predicted octanol–water partition coefficient (Wildman–Crippen LogP) is 5.21. The van der Waals surface area contributed by atoms with E-state index in [1.165, 1.54) is 0 Å². The maximum Gasteiger partial charge on any atom is 0.266 e. The molecule has 1 aromatic heterocycles. The van der Waals surface area contributed by atoms with Gasteiger partial charge in [-0.1, -0.05) is 79.1 Å². The van der Waals surface area contributed by atoms with E-state index in [-0.39, 0.29) is 0 Å². The summed E-state index contributed by atoms with van der Waals surface area (Å²) in [6, 6.07) is 8.02. The lowest BCUT2D eigenvalue weighted by Crippen LogP contribution is -2.29. The van der Waals surface area contributed by atoms with Crippen molar-refractivity contribution in [2.75, 3.05) is 7.05 Å². The number of allylic oxidation sites excluding steroid dienone is 8. The van der Waals surface area contributed by atoms with Gasteiger partial charge in [0, 0.05) is 19.3 Å². The Morgan fingerprint density at radius 2 is 1.96 bits per heavy atom. The molecule has 0 saturated heterocycles. The van der Waals surface area contributed by atoms with Gasteiger partial charge in [0.15, 0.2) is 6.20 Å². The Labute approximate surface area is 165 Å². The van der Waals surface area contributed by atoms with E-state index in [4.69, 9.17) is 4.74 Å². The fourth-order valence-corrected chi connectivity index (χ4v) is 2.81. The normalized spacial score (nSPS) is 15.4. The molecule has 0 aliphatic carbocycles. The van der Waals surface area contributed by atoms with Crippen molar-refractivity contribution in [1.82, 2.24) is 4.90 Å². The molecule has 1 aliphatic heterocycles. The summed E-state index contributed by atoms with van der Waals surface area (Å²) in [7, 11) is 3.98. The summed E-state index contributed by atoms with van der Waals surface area (Å²) in [5.41, 5.74) is 0.886. The van der Waals surface area contributed by atoms with Crippen LogP contribution in [0.1, 0.15) is 5.01 Å². The van der Waals surface area contributed by atoms with Crippen molar-refractivity contribution < 1.29 is 9.30 Å². The molecule has 0 radical (unpaired) electrons. The van der Waals surface area contributed by atoms with Crippen molar-refractivity contribution in [3.8, 4) is 0 Å². The lowest BCUT2D eigenvalue weighted by molar-refractivity contribution is -0.669. The summed E-state index contributed by atoms with van der Waals surface area (Å²) in [5.74, 6) is 1.54. The Morgan fingerprint density at radius 3 is 2.78 bits per heavy atom. The summed E-state index contributed by atoms with van der Waals surface area (Å²) in [4.78, 5) is 1.96. The lowest BCUT2D eigenvalue weighted by Gasteiger charge is -2.07. The van der Waals surface area contributed by atoms with E-state index in [1.54, 1.807) is 17.4 Å². The number of hydrogen-bond acceptors (Lipinski definition) is 3. The number of aromatic nitrogens is 1. The maximum absolute atomic E-state index is 5.97. The minimum atomic E-state index is 0.768. The highest BCUT2D eigenvalue weighted by Gasteiger charge is 2.17. The molecular weight excluding hydrogens is 352 g/mol. The van der Waals surface area contributed by atoms with E-state index >= 15 is 0 Å². The Bertz CT molecular complexity index is 883. The fourth-order valence-electron chi connectivity index (χ4n) is 2.11. The van der Waals surface area contributed by atoms with Crippen molar-refractivity contribution in [3.63, 3.8) is 0 Å². The molecule has 0 bridgehead atoms. The maximum atomic E-state index is 5.97. The summed E-state index contributed by atoms with van der Waals surface area (Å²) in [6.07, 6.45) is 19.2. The van der Waals surface area contributed by atoms with Gasteiger partial charge < -0.3 is 9.64 Å². The highest BCUT2D eigenvalue weighted by atomic mass is 32.1. The van der Waals surface area contributed by atoms with Crippen LogP contribution in [0.3, 0.4) is 0 Å². The van der Waals surface area contributed by atoms with Crippen molar-refractivity contribution >= 4 is 17.4 Å². The molecule has 0 spiro atoms. The zero-order valence-corrected chi connectivity index (χ0v) is 16.6.